The second kappa shape index (κ2) is 5.13. The summed E-state index contributed by atoms with van der Waals surface area (Å²) in [5.74, 6) is 3.15. The smallest absolute Gasteiger partial charge is 0.133 e. The van der Waals surface area contributed by atoms with Crippen LogP contribution in [0.1, 0.15) is 51.3 Å². The van der Waals surface area contributed by atoms with Crippen LogP contribution in [0.25, 0.3) is 0 Å². The maximum absolute atomic E-state index is 5.89. The molecule has 1 fully saturated rings. The van der Waals surface area contributed by atoms with Crippen LogP contribution in [0.2, 0.25) is 5.15 Å². The molecule has 0 N–H and O–H groups in total. The fourth-order valence-electron chi connectivity index (χ4n) is 2.59. The Labute approximate surface area is 102 Å². The molecule has 3 heteroatoms. The lowest BCUT2D eigenvalue weighted by Crippen LogP contribution is -2.18. The average Bonchev–Trinajstić information content (AvgIpc) is 2.29. The van der Waals surface area contributed by atoms with Gasteiger partial charge in [0, 0.05) is 12.1 Å². The first-order valence-electron chi connectivity index (χ1n) is 6.15. The zero-order valence-corrected chi connectivity index (χ0v) is 10.7. The third-order valence-corrected chi connectivity index (χ3v) is 3.93. The summed E-state index contributed by atoms with van der Waals surface area (Å²) in [6.45, 7) is 4.64. The fraction of sp³-hybridized carbons (Fsp3) is 0.692. The largest absolute Gasteiger partial charge is 0.241 e. The second-order valence-corrected chi connectivity index (χ2v) is 5.48. The summed E-state index contributed by atoms with van der Waals surface area (Å²) in [4.78, 5) is 8.66. The molecule has 0 atom stereocenters. The van der Waals surface area contributed by atoms with Crippen molar-refractivity contribution in [2.75, 3.05) is 0 Å². The summed E-state index contributed by atoms with van der Waals surface area (Å²) in [6, 6.07) is 1.74. The molecule has 2 nitrogen and oxygen atoms in total. The predicted octanol–water partition coefficient (Wildman–Crippen LogP) is 4.06. The van der Waals surface area contributed by atoms with Gasteiger partial charge in [-0.05, 0) is 43.6 Å². The van der Waals surface area contributed by atoms with Gasteiger partial charge in [0.15, 0.2) is 0 Å². The third-order valence-electron chi connectivity index (χ3n) is 3.72. The van der Waals surface area contributed by atoms with E-state index < -0.39 is 0 Å². The number of aromatic nitrogens is 2. The Hall–Kier alpha value is -0.630. The molecule has 0 aliphatic heterocycles. The number of nitrogens with zero attached hydrogens (tertiary/aromatic N) is 2. The monoisotopic (exact) mass is 238 g/mol. The molecule has 1 aliphatic carbocycles. The molecule has 0 aromatic carbocycles. The molecule has 1 aromatic rings. The van der Waals surface area contributed by atoms with Gasteiger partial charge < -0.3 is 0 Å². The molecule has 16 heavy (non-hydrogen) atoms. The number of halogens is 1. The molecular weight excluding hydrogens is 220 g/mol. The third kappa shape index (κ3) is 2.73. The highest BCUT2D eigenvalue weighted by Gasteiger charge is 2.25. The quantitative estimate of drug-likeness (QED) is 0.727. The van der Waals surface area contributed by atoms with Crippen LogP contribution in [0.4, 0.5) is 0 Å². The van der Waals surface area contributed by atoms with E-state index >= 15 is 0 Å². The van der Waals surface area contributed by atoms with Gasteiger partial charge in [0.25, 0.3) is 0 Å². The van der Waals surface area contributed by atoms with Crippen LogP contribution in [0.5, 0.6) is 0 Å². The van der Waals surface area contributed by atoms with Crippen molar-refractivity contribution in [1.82, 2.24) is 9.97 Å². The van der Waals surface area contributed by atoms with Gasteiger partial charge in [-0.1, -0.05) is 25.4 Å². The van der Waals surface area contributed by atoms with Crippen LogP contribution in [0, 0.1) is 11.8 Å². The summed E-state index contributed by atoms with van der Waals surface area (Å²) < 4.78 is 0. The van der Waals surface area contributed by atoms with Gasteiger partial charge >= 0.3 is 0 Å². The molecule has 88 valence electrons. The van der Waals surface area contributed by atoms with Crippen LogP contribution < -0.4 is 0 Å². The van der Waals surface area contributed by atoms with Crippen LogP contribution in [0.3, 0.4) is 0 Å². The normalized spacial score (nSPS) is 26.0. The lowest BCUT2D eigenvalue weighted by atomic mass is 9.77. The number of hydrogen-bond acceptors (Lipinski definition) is 2. The molecule has 1 aromatic heterocycles. The minimum absolute atomic E-state index is 0.522. The summed E-state index contributed by atoms with van der Waals surface area (Å²) in [5.41, 5.74) is 0. The van der Waals surface area contributed by atoms with E-state index in [-0.39, 0.29) is 0 Å². The van der Waals surface area contributed by atoms with Gasteiger partial charge in [-0.2, -0.15) is 0 Å². The van der Waals surface area contributed by atoms with Crippen LogP contribution in [0.15, 0.2) is 12.3 Å². The number of hydrogen-bond donors (Lipinski definition) is 0. The summed E-state index contributed by atoms with van der Waals surface area (Å²) in [6.07, 6.45) is 6.79. The summed E-state index contributed by atoms with van der Waals surface area (Å²) >= 11 is 5.89. The van der Waals surface area contributed by atoms with Gasteiger partial charge in [0.1, 0.15) is 11.0 Å². The van der Waals surface area contributed by atoms with Crippen LogP contribution in [-0.4, -0.2) is 9.97 Å². The van der Waals surface area contributed by atoms with E-state index in [9.17, 15) is 0 Å². The van der Waals surface area contributed by atoms with E-state index in [1.807, 2.05) is 0 Å². The second-order valence-electron chi connectivity index (χ2n) is 5.09. The topological polar surface area (TPSA) is 25.8 Å². The minimum Gasteiger partial charge on any atom is -0.241 e. The fourth-order valence-corrected chi connectivity index (χ4v) is 2.73. The van der Waals surface area contributed by atoms with E-state index in [4.69, 9.17) is 11.6 Å². The van der Waals surface area contributed by atoms with Gasteiger partial charge in [0.2, 0.25) is 0 Å². The molecule has 1 saturated carbocycles. The molecular formula is C13H19ClN2. The maximum atomic E-state index is 5.89. The first-order valence-corrected chi connectivity index (χ1v) is 6.53. The van der Waals surface area contributed by atoms with Crippen molar-refractivity contribution in [3.05, 3.63) is 23.2 Å². The molecule has 1 heterocycles. The zero-order chi connectivity index (χ0) is 11.5. The lowest BCUT2D eigenvalue weighted by Gasteiger charge is -2.29. The Balaban J connectivity index is 1.99. The Kier molecular flexibility index (Phi) is 3.80. The van der Waals surface area contributed by atoms with Crippen molar-refractivity contribution >= 4 is 11.6 Å². The molecule has 0 saturated heterocycles. The van der Waals surface area contributed by atoms with Gasteiger partial charge in [-0.3, -0.25) is 0 Å². The van der Waals surface area contributed by atoms with E-state index in [0.29, 0.717) is 11.1 Å². The Morgan fingerprint density at radius 2 is 1.94 bits per heavy atom. The summed E-state index contributed by atoms with van der Waals surface area (Å²) in [7, 11) is 0. The summed E-state index contributed by atoms with van der Waals surface area (Å²) in [5, 5.41) is 0.566. The molecule has 0 radical (unpaired) electrons. The Morgan fingerprint density at radius 1 is 1.25 bits per heavy atom. The van der Waals surface area contributed by atoms with E-state index in [0.717, 1.165) is 17.7 Å². The van der Waals surface area contributed by atoms with E-state index in [2.05, 4.69) is 23.8 Å². The van der Waals surface area contributed by atoms with Gasteiger partial charge in [0.05, 0.1) is 0 Å². The van der Waals surface area contributed by atoms with Crippen molar-refractivity contribution < 1.29 is 0 Å². The standard InChI is InChI=1S/C13H19ClN2/c1-9(2)10-3-5-11(6-4-10)13-15-8-7-12(14)16-13/h7-11H,3-6H2,1-2H3. The number of rotatable bonds is 2. The van der Waals surface area contributed by atoms with Crippen molar-refractivity contribution in [3.63, 3.8) is 0 Å². The lowest BCUT2D eigenvalue weighted by molar-refractivity contribution is 0.255. The highest BCUT2D eigenvalue weighted by molar-refractivity contribution is 6.29. The van der Waals surface area contributed by atoms with Gasteiger partial charge in [-0.25, -0.2) is 9.97 Å². The van der Waals surface area contributed by atoms with Crippen molar-refractivity contribution in [2.24, 2.45) is 11.8 Å². The first kappa shape index (κ1) is 11.8. The Bertz CT molecular complexity index is 344. The van der Waals surface area contributed by atoms with Crippen molar-refractivity contribution in [2.45, 2.75) is 45.4 Å². The highest BCUT2D eigenvalue weighted by atomic mass is 35.5. The van der Waals surface area contributed by atoms with Crippen LogP contribution >= 0.6 is 11.6 Å². The van der Waals surface area contributed by atoms with E-state index in [1.165, 1.54) is 25.7 Å². The van der Waals surface area contributed by atoms with Crippen molar-refractivity contribution in [1.29, 1.82) is 0 Å². The average molecular weight is 239 g/mol. The molecule has 0 spiro atoms. The molecule has 0 bridgehead atoms. The highest BCUT2D eigenvalue weighted by Crippen LogP contribution is 2.37. The maximum Gasteiger partial charge on any atom is 0.133 e. The predicted molar refractivity (Wildman–Crippen MR) is 66.6 cm³/mol. The zero-order valence-electron chi connectivity index (χ0n) is 9.99. The molecule has 1 aliphatic rings. The Morgan fingerprint density at radius 3 is 2.50 bits per heavy atom. The molecule has 0 unspecified atom stereocenters. The molecule has 2 rings (SSSR count). The van der Waals surface area contributed by atoms with Crippen molar-refractivity contribution in [3.8, 4) is 0 Å². The molecule has 0 amide bonds. The van der Waals surface area contributed by atoms with E-state index in [1.54, 1.807) is 12.3 Å². The van der Waals surface area contributed by atoms with Crippen LogP contribution in [-0.2, 0) is 0 Å². The minimum atomic E-state index is 0.522. The SMILES string of the molecule is CC(C)C1CCC(c2nccc(Cl)n2)CC1. The van der Waals surface area contributed by atoms with Gasteiger partial charge in [-0.15, -0.1) is 0 Å². The first-order chi connectivity index (χ1) is 7.66.